The molecule has 1 fully saturated rings. The predicted octanol–water partition coefficient (Wildman–Crippen LogP) is 3.51. The molecule has 1 aliphatic carbocycles. The number of halogens is 2. The lowest BCUT2D eigenvalue weighted by Gasteiger charge is -2.26. The minimum atomic E-state index is -0.542. The van der Waals surface area contributed by atoms with Crippen LogP contribution in [-0.2, 0) is 16.8 Å². The van der Waals surface area contributed by atoms with Gasteiger partial charge in [0.15, 0.2) is 0 Å². The van der Waals surface area contributed by atoms with E-state index in [1.807, 2.05) is 13.1 Å². The van der Waals surface area contributed by atoms with E-state index in [1.165, 1.54) is 6.07 Å². The first-order valence-electron chi connectivity index (χ1n) is 8.11. The molecule has 0 saturated carbocycles. The highest BCUT2D eigenvalue weighted by atomic mass is 19.1. The number of rotatable bonds is 2. The Bertz CT molecular complexity index is 737. The number of fused-ring (bicyclic) bond motifs is 1. The number of hydrogen-bond acceptors (Lipinski definition) is 3. The molecule has 2 aromatic rings. The Hall–Kier alpha value is -1.82. The number of benzene rings is 1. The van der Waals surface area contributed by atoms with Gasteiger partial charge in [-0.05, 0) is 56.2 Å². The molecule has 1 aromatic heterocycles. The van der Waals surface area contributed by atoms with Gasteiger partial charge >= 0.3 is 0 Å². The second kappa shape index (κ2) is 5.37. The van der Waals surface area contributed by atoms with Crippen molar-refractivity contribution in [3.05, 3.63) is 46.8 Å². The Labute approximate surface area is 133 Å². The first-order chi connectivity index (χ1) is 11.1. The number of nitrogens with zero attached hydrogens (tertiary/aromatic N) is 3. The molecule has 0 N–H and O–H groups in total. The maximum Gasteiger partial charge on any atom is 0.129 e. The standard InChI is InChI=1S/C17H19F2N3O/c1-17(6-3-7-23-17)16-10-22(21-20-16)15-5-2-4-12-13(15)8-11(18)9-14(12)19/h8-10,15H,2-7H2,1H3/t15-,17?/m0/s1. The minimum Gasteiger partial charge on any atom is -0.369 e. The van der Waals surface area contributed by atoms with Crippen molar-refractivity contribution in [2.45, 2.75) is 50.7 Å². The van der Waals surface area contributed by atoms with Gasteiger partial charge in [-0.1, -0.05) is 5.21 Å². The fourth-order valence-electron chi connectivity index (χ4n) is 3.74. The van der Waals surface area contributed by atoms with E-state index in [4.69, 9.17) is 4.74 Å². The molecule has 1 unspecified atom stereocenters. The molecule has 23 heavy (non-hydrogen) atoms. The third-order valence-corrected chi connectivity index (χ3v) is 5.05. The van der Waals surface area contributed by atoms with E-state index in [0.29, 0.717) is 17.5 Å². The van der Waals surface area contributed by atoms with Gasteiger partial charge in [0.05, 0.1) is 12.2 Å². The molecule has 0 radical (unpaired) electrons. The first kappa shape index (κ1) is 14.8. The van der Waals surface area contributed by atoms with Crippen molar-refractivity contribution in [2.75, 3.05) is 6.61 Å². The zero-order chi connectivity index (χ0) is 16.0. The highest BCUT2D eigenvalue weighted by molar-refractivity contribution is 5.34. The maximum absolute atomic E-state index is 14.0. The summed E-state index contributed by atoms with van der Waals surface area (Å²) in [6, 6.07) is 2.22. The fraction of sp³-hybridized carbons (Fsp3) is 0.529. The molecule has 0 spiro atoms. The minimum absolute atomic E-state index is 0.171. The largest absolute Gasteiger partial charge is 0.369 e. The van der Waals surface area contributed by atoms with Gasteiger partial charge in [0.2, 0.25) is 0 Å². The van der Waals surface area contributed by atoms with E-state index < -0.39 is 17.2 Å². The van der Waals surface area contributed by atoms with Crippen LogP contribution in [0.1, 0.15) is 55.5 Å². The average molecular weight is 319 g/mol. The molecule has 1 saturated heterocycles. The van der Waals surface area contributed by atoms with Crippen LogP contribution in [0.3, 0.4) is 0 Å². The highest BCUT2D eigenvalue weighted by Crippen LogP contribution is 2.37. The van der Waals surface area contributed by atoms with Crippen LogP contribution in [0, 0.1) is 11.6 Å². The Morgan fingerprint density at radius 3 is 2.96 bits per heavy atom. The molecule has 1 aliphatic heterocycles. The zero-order valence-electron chi connectivity index (χ0n) is 13.1. The summed E-state index contributed by atoms with van der Waals surface area (Å²) in [4.78, 5) is 0. The van der Waals surface area contributed by atoms with Gasteiger partial charge < -0.3 is 4.74 Å². The molecule has 4 nitrogen and oxygen atoms in total. The van der Waals surface area contributed by atoms with E-state index in [0.717, 1.165) is 44.1 Å². The summed E-state index contributed by atoms with van der Waals surface area (Å²) in [5.41, 5.74) is 1.67. The van der Waals surface area contributed by atoms with Crippen molar-refractivity contribution in [2.24, 2.45) is 0 Å². The molecular weight excluding hydrogens is 300 g/mol. The third-order valence-electron chi connectivity index (χ3n) is 5.05. The van der Waals surface area contributed by atoms with Crippen molar-refractivity contribution in [1.82, 2.24) is 15.0 Å². The Morgan fingerprint density at radius 1 is 1.30 bits per heavy atom. The van der Waals surface area contributed by atoms with Crippen LogP contribution in [0.5, 0.6) is 0 Å². The van der Waals surface area contributed by atoms with Crippen LogP contribution in [0.2, 0.25) is 0 Å². The Morgan fingerprint density at radius 2 is 2.17 bits per heavy atom. The lowest BCUT2D eigenvalue weighted by Crippen LogP contribution is -2.21. The van der Waals surface area contributed by atoms with Crippen LogP contribution in [0.25, 0.3) is 0 Å². The summed E-state index contributed by atoms with van der Waals surface area (Å²) >= 11 is 0. The van der Waals surface area contributed by atoms with Gasteiger partial charge in [-0.3, -0.25) is 0 Å². The van der Waals surface area contributed by atoms with Gasteiger partial charge in [-0.25, -0.2) is 13.5 Å². The van der Waals surface area contributed by atoms with Crippen molar-refractivity contribution < 1.29 is 13.5 Å². The summed E-state index contributed by atoms with van der Waals surface area (Å²) in [5, 5.41) is 8.49. The van der Waals surface area contributed by atoms with E-state index in [2.05, 4.69) is 10.3 Å². The van der Waals surface area contributed by atoms with E-state index in [-0.39, 0.29) is 6.04 Å². The molecule has 4 rings (SSSR count). The summed E-state index contributed by atoms with van der Waals surface area (Å²) in [7, 11) is 0. The smallest absolute Gasteiger partial charge is 0.129 e. The molecule has 6 heteroatoms. The van der Waals surface area contributed by atoms with Crippen molar-refractivity contribution >= 4 is 0 Å². The van der Waals surface area contributed by atoms with Gasteiger partial charge in [0.1, 0.15) is 22.9 Å². The lowest BCUT2D eigenvalue weighted by atomic mass is 9.87. The fourth-order valence-corrected chi connectivity index (χ4v) is 3.74. The normalized spacial score (nSPS) is 27.2. The summed E-state index contributed by atoms with van der Waals surface area (Å²) < 4.78 is 35.2. The summed E-state index contributed by atoms with van der Waals surface area (Å²) in [6.45, 7) is 2.74. The van der Waals surface area contributed by atoms with Crippen LogP contribution in [0.4, 0.5) is 8.78 Å². The van der Waals surface area contributed by atoms with Crippen LogP contribution >= 0.6 is 0 Å². The van der Waals surface area contributed by atoms with Gasteiger partial charge in [0, 0.05) is 12.7 Å². The van der Waals surface area contributed by atoms with Crippen molar-refractivity contribution in [1.29, 1.82) is 0 Å². The van der Waals surface area contributed by atoms with Crippen molar-refractivity contribution in [3.63, 3.8) is 0 Å². The van der Waals surface area contributed by atoms with Gasteiger partial charge in [-0.15, -0.1) is 5.10 Å². The summed E-state index contributed by atoms with van der Waals surface area (Å²) in [5.74, 6) is -1.00. The monoisotopic (exact) mass is 319 g/mol. The second-order valence-corrected chi connectivity index (χ2v) is 6.63. The lowest BCUT2D eigenvalue weighted by molar-refractivity contribution is 0.0131. The molecule has 1 aromatic carbocycles. The quantitative estimate of drug-likeness (QED) is 0.850. The SMILES string of the molecule is CC1(c2cn([C@H]3CCCc4c(F)cc(F)cc43)nn2)CCCO1. The first-order valence-corrected chi connectivity index (χ1v) is 8.11. The average Bonchev–Trinajstić information content (AvgIpc) is 3.16. The van der Waals surface area contributed by atoms with Crippen LogP contribution < -0.4 is 0 Å². The van der Waals surface area contributed by atoms with E-state index in [9.17, 15) is 8.78 Å². The van der Waals surface area contributed by atoms with Gasteiger partial charge in [0.25, 0.3) is 0 Å². The van der Waals surface area contributed by atoms with Crippen LogP contribution in [-0.4, -0.2) is 21.6 Å². The number of hydrogen-bond donors (Lipinski definition) is 0. The molecule has 2 atom stereocenters. The van der Waals surface area contributed by atoms with Gasteiger partial charge in [-0.2, -0.15) is 0 Å². The van der Waals surface area contributed by atoms with Crippen LogP contribution in [0.15, 0.2) is 18.3 Å². The molecule has 0 amide bonds. The highest BCUT2D eigenvalue weighted by Gasteiger charge is 2.35. The Kier molecular flexibility index (Phi) is 3.44. The second-order valence-electron chi connectivity index (χ2n) is 6.63. The van der Waals surface area contributed by atoms with Crippen molar-refractivity contribution in [3.8, 4) is 0 Å². The third kappa shape index (κ3) is 2.45. The number of aromatic nitrogens is 3. The molecule has 2 heterocycles. The number of ether oxygens (including phenoxy) is 1. The molecular formula is C17H19F2N3O. The predicted molar refractivity (Wildman–Crippen MR) is 80.0 cm³/mol. The molecule has 0 bridgehead atoms. The topological polar surface area (TPSA) is 39.9 Å². The van der Waals surface area contributed by atoms with E-state index >= 15 is 0 Å². The molecule has 2 aliphatic rings. The Balaban J connectivity index is 1.72. The summed E-state index contributed by atoms with van der Waals surface area (Å²) in [6.07, 6.45) is 6.08. The maximum atomic E-state index is 14.0. The molecule has 122 valence electrons. The van der Waals surface area contributed by atoms with E-state index in [1.54, 1.807) is 4.68 Å². The zero-order valence-corrected chi connectivity index (χ0v) is 13.1.